The summed E-state index contributed by atoms with van der Waals surface area (Å²) in [6.45, 7) is 5.49. The minimum atomic E-state index is -3.62. The van der Waals surface area contributed by atoms with Gasteiger partial charge in [-0.15, -0.1) is 11.3 Å². The summed E-state index contributed by atoms with van der Waals surface area (Å²) in [6.07, 6.45) is 0.201. The van der Waals surface area contributed by atoms with E-state index >= 15 is 0 Å². The van der Waals surface area contributed by atoms with Crippen molar-refractivity contribution in [1.29, 1.82) is 0 Å². The second-order valence-electron chi connectivity index (χ2n) is 6.99. The van der Waals surface area contributed by atoms with Crippen LogP contribution in [0.5, 0.6) is 0 Å². The molecule has 0 aliphatic carbocycles. The number of rotatable bonds is 8. The van der Waals surface area contributed by atoms with E-state index in [2.05, 4.69) is 5.32 Å². The topological polar surface area (TPSA) is 69.7 Å². The van der Waals surface area contributed by atoms with Gasteiger partial charge in [-0.2, -0.15) is 4.31 Å². The van der Waals surface area contributed by atoms with E-state index in [1.165, 1.54) is 15.6 Å². The van der Waals surface area contributed by atoms with Crippen LogP contribution in [0.15, 0.2) is 52.1 Å². The zero-order chi connectivity index (χ0) is 20.0. The predicted octanol–water partition coefficient (Wildman–Crippen LogP) is 2.36. The van der Waals surface area contributed by atoms with Crippen molar-refractivity contribution in [2.45, 2.75) is 23.5 Å². The van der Waals surface area contributed by atoms with Crippen molar-refractivity contribution in [3.05, 3.63) is 53.4 Å². The van der Waals surface area contributed by atoms with Gasteiger partial charge in [-0.25, -0.2) is 8.42 Å². The van der Waals surface area contributed by atoms with Crippen LogP contribution in [-0.2, 0) is 14.8 Å². The van der Waals surface area contributed by atoms with Crippen LogP contribution < -0.4 is 5.32 Å². The standard InChI is InChI=1S/C20H27N3O3S2/c1-17(18-6-3-2-4-7-18)16-23(28(25,26)20-8-5-15-27-20)12-9-19(24)22-13-10-21-11-14-22/h2-8,15,17,21H,9-14,16H2,1H3. The summed E-state index contributed by atoms with van der Waals surface area (Å²) in [5.41, 5.74) is 1.09. The van der Waals surface area contributed by atoms with Crippen molar-refractivity contribution in [2.24, 2.45) is 0 Å². The quantitative estimate of drug-likeness (QED) is 0.710. The predicted molar refractivity (Wildman–Crippen MR) is 112 cm³/mol. The summed E-state index contributed by atoms with van der Waals surface area (Å²) in [6, 6.07) is 13.2. The largest absolute Gasteiger partial charge is 0.340 e. The number of piperazine rings is 1. The summed E-state index contributed by atoms with van der Waals surface area (Å²) in [5.74, 6) is 0.0467. The first-order chi connectivity index (χ1) is 13.5. The molecular formula is C20H27N3O3S2. The zero-order valence-corrected chi connectivity index (χ0v) is 17.7. The molecule has 0 spiro atoms. The number of carbonyl (C=O) groups is 1. The highest BCUT2D eigenvalue weighted by Crippen LogP contribution is 2.25. The lowest BCUT2D eigenvalue weighted by Gasteiger charge is -2.29. The first-order valence-corrected chi connectivity index (χ1v) is 11.9. The van der Waals surface area contributed by atoms with Crippen molar-refractivity contribution >= 4 is 27.3 Å². The Morgan fingerprint density at radius 2 is 1.89 bits per heavy atom. The molecule has 1 aromatic carbocycles. The van der Waals surface area contributed by atoms with Crippen molar-refractivity contribution in [2.75, 3.05) is 39.3 Å². The molecule has 3 rings (SSSR count). The number of benzene rings is 1. The monoisotopic (exact) mass is 421 g/mol. The van der Waals surface area contributed by atoms with Gasteiger partial charge in [0.1, 0.15) is 4.21 Å². The molecule has 0 bridgehead atoms. The van der Waals surface area contributed by atoms with Crippen LogP contribution in [0.1, 0.15) is 24.8 Å². The van der Waals surface area contributed by atoms with Crippen molar-refractivity contribution < 1.29 is 13.2 Å². The van der Waals surface area contributed by atoms with Crippen LogP contribution in [0.2, 0.25) is 0 Å². The second-order valence-corrected chi connectivity index (χ2v) is 10.1. The first kappa shape index (κ1) is 21.0. The molecule has 1 N–H and O–H groups in total. The molecule has 1 atom stereocenters. The highest BCUT2D eigenvalue weighted by molar-refractivity contribution is 7.91. The molecule has 1 fully saturated rings. The molecule has 6 nitrogen and oxygen atoms in total. The SMILES string of the molecule is CC(CN(CCC(=O)N1CCNCC1)S(=O)(=O)c1cccs1)c1ccccc1. The van der Waals surface area contributed by atoms with E-state index in [1.807, 2.05) is 42.2 Å². The molecule has 1 aliphatic heterocycles. The molecule has 1 amide bonds. The maximum absolute atomic E-state index is 13.2. The van der Waals surface area contributed by atoms with Gasteiger partial charge in [-0.3, -0.25) is 4.79 Å². The van der Waals surface area contributed by atoms with Crippen molar-refractivity contribution in [3.8, 4) is 0 Å². The fourth-order valence-electron chi connectivity index (χ4n) is 3.33. The third kappa shape index (κ3) is 5.20. The van der Waals surface area contributed by atoms with Gasteiger partial charge >= 0.3 is 0 Å². The van der Waals surface area contributed by atoms with Crippen LogP contribution in [-0.4, -0.2) is 62.8 Å². The fourth-order valence-corrected chi connectivity index (χ4v) is 6.01. The Kier molecular flexibility index (Phi) is 7.23. The second kappa shape index (κ2) is 9.65. The molecule has 1 unspecified atom stereocenters. The Bertz CT molecular complexity index is 848. The molecule has 0 radical (unpaired) electrons. The van der Waals surface area contributed by atoms with Crippen LogP contribution in [0.4, 0.5) is 0 Å². The number of sulfonamides is 1. The lowest BCUT2D eigenvalue weighted by Crippen LogP contribution is -2.47. The molecule has 8 heteroatoms. The molecular weight excluding hydrogens is 394 g/mol. The van der Waals surface area contributed by atoms with Gasteiger partial charge in [0.05, 0.1) is 0 Å². The van der Waals surface area contributed by atoms with Crippen molar-refractivity contribution in [1.82, 2.24) is 14.5 Å². The van der Waals surface area contributed by atoms with Gasteiger partial charge < -0.3 is 10.2 Å². The maximum atomic E-state index is 13.2. The van der Waals surface area contributed by atoms with E-state index in [-0.39, 0.29) is 24.8 Å². The molecule has 2 aromatic rings. The summed E-state index contributed by atoms with van der Waals surface area (Å²) in [5, 5.41) is 4.98. The van der Waals surface area contributed by atoms with E-state index in [4.69, 9.17) is 0 Å². The summed E-state index contributed by atoms with van der Waals surface area (Å²) < 4.78 is 28.1. The Morgan fingerprint density at radius 3 is 2.54 bits per heavy atom. The number of hydrogen-bond donors (Lipinski definition) is 1. The number of nitrogens with one attached hydrogen (secondary N) is 1. The van der Waals surface area contributed by atoms with Gasteiger partial charge in [-0.1, -0.05) is 43.3 Å². The van der Waals surface area contributed by atoms with Gasteiger partial charge in [0, 0.05) is 45.7 Å². The average Bonchev–Trinajstić information content (AvgIpc) is 3.27. The fraction of sp³-hybridized carbons (Fsp3) is 0.450. The van der Waals surface area contributed by atoms with E-state index in [0.29, 0.717) is 23.8 Å². The Morgan fingerprint density at radius 1 is 1.18 bits per heavy atom. The van der Waals surface area contributed by atoms with E-state index in [0.717, 1.165) is 18.7 Å². The molecule has 0 saturated carbocycles. The summed E-state index contributed by atoms with van der Waals surface area (Å²) in [4.78, 5) is 14.4. The number of hydrogen-bond acceptors (Lipinski definition) is 5. The first-order valence-electron chi connectivity index (χ1n) is 9.55. The van der Waals surface area contributed by atoms with Crippen LogP contribution >= 0.6 is 11.3 Å². The van der Waals surface area contributed by atoms with E-state index in [1.54, 1.807) is 17.5 Å². The Balaban J connectivity index is 1.73. The molecule has 1 saturated heterocycles. The van der Waals surface area contributed by atoms with Crippen LogP contribution in [0.3, 0.4) is 0 Å². The van der Waals surface area contributed by atoms with Crippen LogP contribution in [0, 0.1) is 0 Å². The third-order valence-electron chi connectivity index (χ3n) is 4.98. The van der Waals surface area contributed by atoms with Gasteiger partial charge in [0.15, 0.2) is 0 Å². The maximum Gasteiger partial charge on any atom is 0.252 e. The highest BCUT2D eigenvalue weighted by Gasteiger charge is 2.28. The van der Waals surface area contributed by atoms with Gasteiger partial charge in [0.2, 0.25) is 5.91 Å². The number of carbonyl (C=O) groups excluding carboxylic acids is 1. The Hall–Kier alpha value is -1.74. The lowest BCUT2D eigenvalue weighted by atomic mass is 10.0. The normalized spacial score (nSPS) is 16.3. The zero-order valence-electron chi connectivity index (χ0n) is 16.1. The third-order valence-corrected chi connectivity index (χ3v) is 8.22. The minimum Gasteiger partial charge on any atom is -0.340 e. The van der Waals surface area contributed by atoms with E-state index in [9.17, 15) is 13.2 Å². The van der Waals surface area contributed by atoms with Gasteiger partial charge in [0.25, 0.3) is 10.0 Å². The van der Waals surface area contributed by atoms with E-state index < -0.39 is 10.0 Å². The van der Waals surface area contributed by atoms with Gasteiger partial charge in [-0.05, 0) is 22.9 Å². The molecule has 1 aromatic heterocycles. The highest BCUT2D eigenvalue weighted by atomic mass is 32.2. The smallest absolute Gasteiger partial charge is 0.252 e. The van der Waals surface area contributed by atoms with Crippen molar-refractivity contribution in [3.63, 3.8) is 0 Å². The van der Waals surface area contributed by atoms with Crippen LogP contribution in [0.25, 0.3) is 0 Å². The number of amides is 1. The molecule has 1 aliphatic rings. The lowest BCUT2D eigenvalue weighted by molar-refractivity contribution is -0.131. The Labute approximate surface area is 171 Å². The number of thiophene rings is 1. The molecule has 152 valence electrons. The number of nitrogens with zero attached hydrogens (tertiary/aromatic N) is 2. The minimum absolute atomic E-state index is 0.0141. The summed E-state index contributed by atoms with van der Waals surface area (Å²) in [7, 11) is -3.62. The summed E-state index contributed by atoms with van der Waals surface area (Å²) >= 11 is 1.21. The molecule has 2 heterocycles. The molecule has 28 heavy (non-hydrogen) atoms. The average molecular weight is 422 g/mol.